The van der Waals surface area contributed by atoms with Crippen molar-refractivity contribution in [1.29, 1.82) is 0 Å². The van der Waals surface area contributed by atoms with Crippen molar-refractivity contribution in [3.8, 4) is 0 Å². The third-order valence-corrected chi connectivity index (χ3v) is 19.0. The summed E-state index contributed by atoms with van der Waals surface area (Å²) >= 11 is 0. The zero-order valence-corrected chi connectivity index (χ0v) is 45.7. The molecule has 9 amide bonds. The Hall–Kier alpha value is -5.58. The highest BCUT2D eigenvalue weighted by Crippen LogP contribution is 2.57. The van der Waals surface area contributed by atoms with E-state index in [-0.39, 0.29) is 74.1 Å². The molecule has 0 radical (unpaired) electrons. The predicted molar refractivity (Wildman–Crippen MR) is 290 cm³/mol. The first-order valence-corrected chi connectivity index (χ1v) is 29.2. The number of nitrogens with zero attached hydrogens (tertiary/aromatic N) is 2. The van der Waals surface area contributed by atoms with E-state index in [9.17, 15) is 38.4 Å². The Kier molecular flexibility index (Phi) is 23.4. The van der Waals surface area contributed by atoms with Crippen molar-refractivity contribution in [2.45, 2.75) is 184 Å². The van der Waals surface area contributed by atoms with E-state index in [1.165, 1.54) is 26.5 Å². The molecule has 2 aliphatic carbocycles. The summed E-state index contributed by atoms with van der Waals surface area (Å²) in [5, 5.41) is 17.1. The summed E-state index contributed by atoms with van der Waals surface area (Å²) < 4.78 is -0.652. The maximum absolute atomic E-state index is 15.1. The van der Waals surface area contributed by atoms with Crippen molar-refractivity contribution >= 4 is 80.7 Å². The summed E-state index contributed by atoms with van der Waals surface area (Å²) in [6.45, 7) is 7.67. The van der Waals surface area contributed by atoms with E-state index in [1.54, 1.807) is 19.1 Å². The number of hydrogen-bond acceptors (Lipinski definition) is 12. The lowest BCUT2D eigenvalue weighted by molar-refractivity contribution is -0.142. The third-order valence-electron chi connectivity index (χ3n) is 15.6. The Bertz CT molecular complexity index is 2170. The average molecular weight is 1080 g/mol. The number of hydrogen-bond donors (Lipinski definition) is 10. The van der Waals surface area contributed by atoms with E-state index >= 15 is 4.79 Å². The maximum Gasteiger partial charge on any atom is 0.246 e. The quantitative estimate of drug-likeness (QED) is 0.0432. The molecule has 4 aliphatic rings. The highest BCUT2D eigenvalue weighted by atomic mass is 33.1. The lowest BCUT2D eigenvalue weighted by atomic mass is 9.76. The number of aliphatic imine (C=N–C) groups is 1. The molecule has 5 rings (SSSR count). The Morgan fingerprint density at radius 3 is 1.88 bits per heavy atom. The van der Waals surface area contributed by atoms with Gasteiger partial charge in [0.05, 0.1) is 6.42 Å². The number of amides is 9. The first-order chi connectivity index (χ1) is 35.8. The van der Waals surface area contributed by atoms with Crippen LogP contribution in [0.4, 0.5) is 0 Å². The number of benzene rings is 1. The van der Waals surface area contributed by atoms with Gasteiger partial charge in [0.2, 0.25) is 53.2 Å². The lowest BCUT2D eigenvalue weighted by Crippen LogP contribution is -2.62. The number of guanidine groups is 1. The molecule has 75 heavy (non-hydrogen) atoms. The third kappa shape index (κ3) is 17.0. The maximum atomic E-state index is 15.1. The summed E-state index contributed by atoms with van der Waals surface area (Å²) in [4.78, 5) is 133. The van der Waals surface area contributed by atoms with Crippen LogP contribution in [0.25, 0.3) is 0 Å². The second-order valence-electron chi connectivity index (χ2n) is 20.9. The van der Waals surface area contributed by atoms with Crippen LogP contribution < -0.4 is 54.8 Å². The molecule has 0 spiro atoms. The summed E-state index contributed by atoms with van der Waals surface area (Å²) in [5.41, 5.74) is 23.0. The second kappa shape index (κ2) is 29.1. The van der Waals surface area contributed by atoms with Crippen molar-refractivity contribution in [1.82, 2.24) is 36.8 Å². The Morgan fingerprint density at radius 2 is 1.32 bits per heavy atom. The molecule has 4 fully saturated rings. The molecule has 1 aromatic carbocycles. The molecule has 2 saturated heterocycles. The number of carbonyl (C=O) groups is 9. The van der Waals surface area contributed by atoms with Gasteiger partial charge in [-0.05, 0) is 80.6 Å². The fraction of sp³-hybridized carbons (Fsp3) is 0.692. The normalized spacial score (nSPS) is 26.1. The SMILES string of the molecule is CC[C@@H](C)[C@@H]1NC(=O)[C@H](Cc2ccccc2)NC(=O)[C@@H]([C@H](C)CC)NC(=O)CC(C2CCCC2)(C2CCCC2)SSC[C@@H](C(=O)N2CCC[C@@H]2C(=O)N[C@@H](CCCN=C(N)N)C(N)=O)NC(=O)[C@H](CC(N)=O)NC1=O. The fourth-order valence-electron chi connectivity index (χ4n) is 11.0. The number of primary amides is 2. The van der Waals surface area contributed by atoms with Gasteiger partial charge in [0, 0.05) is 36.4 Å². The van der Waals surface area contributed by atoms with Gasteiger partial charge >= 0.3 is 0 Å². The largest absolute Gasteiger partial charge is 0.370 e. The molecule has 9 atom stereocenters. The molecular formula is C52H82N12O9S2. The van der Waals surface area contributed by atoms with Crippen LogP contribution in [0, 0.1) is 23.7 Å². The van der Waals surface area contributed by atoms with E-state index in [0.717, 1.165) is 56.9 Å². The molecule has 0 bridgehead atoms. The monoisotopic (exact) mass is 1080 g/mol. The smallest absolute Gasteiger partial charge is 0.246 e. The van der Waals surface area contributed by atoms with Crippen LogP contribution in [0.1, 0.15) is 136 Å². The van der Waals surface area contributed by atoms with Gasteiger partial charge in [-0.25, -0.2) is 0 Å². The van der Waals surface area contributed by atoms with Crippen LogP contribution in [0.5, 0.6) is 0 Å². The molecule has 2 saturated carbocycles. The molecule has 23 heteroatoms. The van der Waals surface area contributed by atoms with E-state index in [4.69, 9.17) is 22.9 Å². The average Bonchev–Trinajstić information content (AvgIpc) is 4.21. The first kappa shape index (κ1) is 60.3. The number of nitrogens with one attached hydrogen (secondary N) is 6. The van der Waals surface area contributed by atoms with Crippen molar-refractivity contribution in [3.63, 3.8) is 0 Å². The molecule has 2 aliphatic heterocycles. The minimum atomic E-state index is -1.61. The standard InChI is InChI=1S/C52H82N12O9S2/c1-5-30(3)42-48(71)59-36(26-32-16-8-7-9-17-32)46(69)63-43(31(4)6-2)49(72)60-37(27-40(53)65)45(68)61-38(29-74-75-52(28-41(66)62-42,33-18-10-11-19-33)34-20-12-13-21-34)50(73)64-25-15-23-39(64)47(70)58-35(44(54)67)22-14-24-57-51(55)56/h7-9,16-17,30-31,33-39,42-43H,5-6,10-15,18-29H2,1-4H3,(H2,53,65)(H2,54,67)(H,58,70)(H,59,71)(H,60,72)(H,61,68)(H,62,66)(H,63,69)(H4,55,56,57)/t30-,31-,35+,36+,37+,38+,39-,42-,43+/m1/s1. The number of rotatable bonds is 18. The van der Waals surface area contributed by atoms with Gasteiger partial charge in [0.15, 0.2) is 5.96 Å². The molecule has 0 unspecified atom stereocenters. The number of carbonyl (C=O) groups excluding carboxylic acids is 9. The molecule has 0 aromatic heterocycles. The summed E-state index contributed by atoms with van der Waals surface area (Å²) in [7, 11) is 2.86. The second-order valence-corrected chi connectivity index (χ2v) is 23.6. The van der Waals surface area contributed by atoms with Crippen molar-refractivity contribution in [2.24, 2.45) is 51.6 Å². The van der Waals surface area contributed by atoms with Gasteiger partial charge in [-0.3, -0.25) is 48.1 Å². The van der Waals surface area contributed by atoms with Gasteiger partial charge < -0.3 is 59.7 Å². The van der Waals surface area contributed by atoms with Crippen LogP contribution >= 0.6 is 21.6 Å². The van der Waals surface area contributed by atoms with E-state index in [1.807, 2.05) is 39.0 Å². The summed E-state index contributed by atoms with van der Waals surface area (Å²) in [6.07, 6.45) is 8.88. The highest BCUT2D eigenvalue weighted by Gasteiger charge is 2.50. The number of nitrogens with two attached hydrogens (primary N) is 4. The van der Waals surface area contributed by atoms with Crippen LogP contribution in [-0.2, 0) is 49.6 Å². The van der Waals surface area contributed by atoms with Gasteiger partial charge in [-0.15, -0.1) is 0 Å². The van der Waals surface area contributed by atoms with Gasteiger partial charge in [-0.2, -0.15) is 0 Å². The predicted octanol–water partition coefficient (Wildman–Crippen LogP) is 1.54. The lowest BCUT2D eigenvalue weighted by Gasteiger charge is -2.43. The van der Waals surface area contributed by atoms with E-state index in [0.29, 0.717) is 25.7 Å². The Morgan fingerprint density at radius 1 is 0.747 bits per heavy atom. The summed E-state index contributed by atoms with van der Waals surface area (Å²) in [6, 6.07) is 0.474. The fourth-order valence-corrected chi connectivity index (χ4v) is 14.8. The van der Waals surface area contributed by atoms with Gasteiger partial charge in [0.1, 0.15) is 42.3 Å². The number of likely N-dealkylation sites (tertiary alicyclic amines) is 1. The zero-order valence-electron chi connectivity index (χ0n) is 44.1. The molecule has 416 valence electrons. The Balaban J connectivity index is 1.58. The zero-order chi connectivity index (χ0) is 54.8. The van der Waals surface area contributed by atoms with Crippen molar-refractivity contribution < 1.29 is 43.2 Å². The Labute approximate surface area is 449 Å². The van der Waals surface area contributed by atoms with Crippen LogP contribution in [0.15, 0.2) is 35.3 Å². The van der Waals surface area contributed by atoms with Crippen LogP contribution in [0.3, 0.4) is 0 Å². The van der Waals surface area contributed by atoms with Crippen molar-refractivity contribution in [3.05, 3.63) is 35.9 Å². The minimum absolute atomic E-state index is 0.0445. The molecule has 14 N–H and O–H groups in total. The van der Waals surface area contributed by atoms with E-state index < -0.39 is 107 Å². The first-order valence-electron chi connectivity index (χ1n) is 26.9. The van der Waals surface area contributed by atoms with Gasteiger partial charge in [-0.1, -0.05) is 118 Å². The van der Waals surface area contributed by atoms with Crippen LogP contribution in [-0.4, -0.2) is 130 Å². The van der Waals surface area contributed by atoms with Crippen LogP contribution in [0.2, 0.25) is 0 Å². The van der Waals surface area contributed by atoms with Crippen molar-refractivity contribution in [2.75, 3.05) is 18.8 Å². The highest BCUT2D eigenvalue weighted by molar-refractivity contribution is 8.77. The molecule has 1 aromatic rings. The minimum Gasteiger partial charge on any atom is -0.370 e. The molecular weight excluding hydrogens is 1000 g/mol. The molecule has 21 nitrogen and oxygen atoms in total. The summed E-state index contributed by atoms with van der Waals surface area (Å²) in [5.74, 6) is -7.08. The molecule has 2 heterocycles. The topological polar surface area (TPSA) is 345 Å². The van der Waals surface area contributed by atoms with Gasteiger partial charge in [0.25, 0.3) is 0 Å². The van der Waals surface area contributed by atoms with E-state index in [2.05, 4.69) is 36.9 Å².